The van der Waals surface area contributed by atoms with Crippen LogP contribution in [0.1, 0.15) is 52.9 Å². The van der Waals surface area contributed by atoms with Crippen LogP contribution < -0.4 is 4.72 Å². The second-order valence-electron chi connectivity index (χ2n) is 5.92. The van der Waals surface area contributed by atoms with Crippen LogP contribution in [0.5, 0.6) is 0 Å². The number of hydrogen-bond acceptors (Lipinski definition) is 1. The third-order valence-corrected chi connectivity index (χ3v) is 4.84. The van der Waals surface area contributed by atoms with E-state index < -0.39 is 33.9 Å². The summed E-state index contributed by atoms with van der Waals surface area (Å²) in [5.41, 5.74) is 0. The van der Waals surface area contributed by atoms with Gasteiger partial charge in [-0.2, -0.15) is 13.2 Å². The summed E-state index contributed by atoms with van der Waals surface area (Å²) in [6.45, 7) is 5.01. The maximum absolute atomic E-state index is 13.1. The fourth-order valence-electron chi connectivity index (χ4n) is 2.19. The van der Waals surface area contributed by atoms with E-state index in [0.717, 1.165) is 19.3 Å². The van der Waals surface area contributed by atoms with Crippen molar-refractivity contribution >= 4 is 11.0 Å². The Labute approximate surface area is 109 Å². The zero-order valence-corrected chi connectivity index (χ0v) is 12.0. The highest BCUT2D eigenvalue weighted by Crippen LogP contribution is 2.35. The molecule has 0 aromatic heterocycles. The topological polar surface area (TPSA) is 29.1 Å². The molecule has 1 aliphatic rings. The van der Waals surface area contributed by atoms with Crippen LogP contribution in [0.4, 0.5) is 13.2 Å². The molecule has 0 heterocycles. The van der Waals surface area contributed by atoms with E-state index in [-0.39, 0.29) is 0 Å². The minimum absolute atomic E-state index is 0.440. The van der Waals surface area contributed by atoms with Gasteiger partial charge in [-0.25, -0.2) is 8.93 Å². The van der Waals surface area contributed by atoms with Crippen LogP contribution in [0.25, 0.3) is 0 Å². The molecule has 1 N–H and O–H groups in total. The molecule has 1 saturated carbocycles. The Morgan fingerprint density at radius 3 is 2.00 bits per heavy atom. The van der Waals surface area contributed by atoms with Crippen molar-refractivity contribution in [2.75, 3.05) is 0 Å². The van der Waals surface area contributed by atoms with Crippen molar-refractivity contribution in [3.63, 3.8) is 0 Å². The van der Waals surface area contributed by atoms with Crippen molar-refractivity contribution in [1.29, 1.82) is 0 Å². The van der Waals surface area contributed by atoms with E-state index in [1.807, 2.05) is 0 Å². The Bertz CT molecular complexity index is 293. The second kappa shape index (κ2) is 5.90. The predicted octanol–water partition coefficient (Wildman–Crippen LogP) is 3.55. The lowest BCUT2D eigenvalue weighted by atomic mass is 9.84. The number of rotatable bonds is 3. The largest absolute Gasteiger partial charge is 0.405 e. The molecule has 1 unspecified atom stereocenters. The molecule has 1 fully saturated rings. The minimum atomic E-state index is -4.33. The van der Waals surface area contributed by atoms with Crippen LogP contribution in [0.3, 0.4) is 0 Å². The molecule has 0 aromatic carbocycles. The van der Waals surface area contributed by atoms with Gasteiger partial charge < -0.3 is 0 Å². The van der Waals surface area contributed by atoms with Crippen LogP contribution in [-0.2, 0) is 11.0 Å². The maximum atomic E-state index is 13.1. The Morgan fingerprint density at radius 2 is 1.61 bits per heavy atom. The van der Waals surface area contributed by atoms with Gasteiger partial charge in [0.25, 0.3) is 0 Å². The highest BCUT2D eigenvalue weighted by molar-refractivity contribution is 7.84. The van der Waals surface area contributed by atoms with Crippen LogP contribution in [-0.4, -0.2) is 21.2 Å². The van der Waals surface area contributed by atoms with Gasteiger partial charge in [-0.05, 0) is 39.5 Å². The van der Waals surface area contributed by atoms with Crippen molar-refractivity contribution in [1.82, 2.24) is 4.72 Å². The van der Waals surface area contributed by atoms with Crippen molar-refractivity contribution in [3.8, 4) is 0 Å². The average Bonchev–Trinajstić information content (AvgIpc) is 2.23. The quantitative estimate of drug-likeness (QED) is 0.844. The molecular weight excluding hydrogens is 263 g/mol. The van der Waals surface area contributed by atoms with Gasteiger partial charge >= 0.3 is 6.18 Å². The Balaban J connectivity index is 2.76. The van der Waals surface area contributed by atoms with E-state index in [1.165, 1.54) is 0 Å². The molecule has 2 atom stereocenters. The molecule has 6 heteroatoms. The minimum Gasteiger partial charge on any atom is -0.242 e. The molecule has 0 amide bonds. The van der Waals surface area contributed by atoms with E-state index in [2.05, 4.69) is 4.72 Å². The third kappa shape index (κ3) is 4.53. The summed E-state index contributed by atoms with van der Waals surface area (Å²) in [5.74, 6) is -0.440. The van der Waals surface area contributed by atoms with Gasteiger partial charge in [0.15, 0.2) is 0 Å². The molecule has 1 rings (SSSR count). The first-order chi connectivity index (χ1) is 8.12. The van der Waals surface area contributed by atoms with Crippen molar-refractivity contribution in [2.24, 2.45) is 5.92 Å². The highest BCUT2D eigenvalue weighted by atomic mass is 32.2. The lowest BCUT2D eigenvalue weighted by molar-refractivity contribution is -0.165. The molecule has 0 aliphatic heterocycles. The van der Waals surface area contributed by atoms with E-state index in [0.29, 0.717) is 12.8 Å². The zero-order chi connectivity index (χ0) is 14.0. The van der Waals surface area contributed by atoms with Crippen LogP contribution in [0.15, 0.2) is 0 Å². The number of alkyl halides is 3. The molecule has 0 aromatic rings. The standard InChI is InChI=1S/C12H22F3NOS/c1-11(2,3)18(17)16-10(12(13,14)15)9-7-5-4-6-8-9/h9-10,16H,4-8H2,1-3H3/t10-,18?/m0/s1. The van der Waals surface area contributed by atoms with Crippen molar-refractivity contribution < 1.29 is 17.4 Å². The molecule has 18 heavy (non-hydrogen) atoms. The predicted molar refractivity (Wildman–Crippen MR) is 67.4 cm³/mol. The molecule has 0 spiro atoms. The normalized spacial score (nSPS) is 22.8. The first kappa shape index (κ1) is 16.0. The van der Waals surface area contributed by atoms with Gasteiger partial charge in [-0.15, -0.1) is 0 Å². The number of halogens is 3. The Kier molecular flexibility index (Phi) is 5.23. The van der Waals surface area contributed by atoms with Gasteiger partial charge in [-0.1, -0.05) is 19.3 Å². The molecule has 2 nitrogen and oxygen atoms in total. The summed E-state index contributed by atoms with van der Waals surface area (Å²) in [7, 11) is -1.69. The molecule has 0 saturated heterocycles. The highest BCUT2D eigenvalue weighted by Gasteiger charge is 2.46. The van der Waals surface area contributed by atoms with E-state index in [1.54, 1.807) is 20.8 Å². The van der Waals surface area contributed by atoms with Gasteiger partial charge in [0.05, 0.1) is 15.7 Å². The SMILES string of the molecule is CC(C)(C)S(=O)N[C@@H](C1CCCCC1)C(F)(F)F. The van der Waals surface area contributed by atoms with E-state index in [4.69, 9.17) is 0 Å². The average molecular weight is 285 g/mol. The van der Waals surface area contributed by atoms with Gasteiger partial charge in [0, 0.05) is 0 Å². The molecule has 1 aliphatic carbocycles. The third-order valence-electron chi connectivity index (χ3n) is 3.26. The maximum Gasteiger partial charge on any atom is 0.405 e. The van der Waals surface area contributed by atoms with Crippen molar-refractivity contribution in [3.05, 3.63) is 0 Å². The summed E-state index contributed by atoms with van der Waals surface area (Å²) >= 11 is 0. The fraction of sp³-hybridized carbons (Fsp3) is 1.00. The van der Waals surface area contributed by atoms with Gasteiger partial charge in [0.1, 0.15) is 6.04 Å². The van der Waals surface area contributed by atoms with Crippen LogP contribution >= 0.6 is 0 Å². The summed E-state index contributed by atoms with van der Waals surface area (Å²) in [6.07, 6.45) is -0.522. The van der Waals surface area contributed by atoms with Crippen LogP contribution in [0, 0.1) is 5.92 Å². The fourth-order valence-corrected chi connectivity index (χ4v) is 3.10. The smallest absolute Gasteiger partial charge is 0.242 e. The van der Waals surface area contributed by atoms with E-state index in [9.17, 15) is 17.4 Å². The Morgan fingerprint density at radius 1 is 1.11 bits per heavy atom. The Hall–Kier alpha value is -0.100. The van der Waals surface area contributed by atoms with Crippen LogP contribution in [0.2, 0.25) is 0 Å². The number of hydrogen-bond donors (Lipinski definition) is 1. The molecule has 0 bridgehead atoms. The first-order valence-electron chi connectivity index (χ1n) is 6.37. The summed E-state index contributed by atoms with van der Waals surface area (Å²) < 4.78 is 52.7. The molecule has 108 valence electrons. The zero-order valence-electron chi connectivity index (χ0n) is 11.1. The second-order valence-corrected chi connectivity index (χ2v) is 7.91. The molecule has 0 radical (unpaired) electrons. The lowest BCUT2D eigenvalue weighted by Crippen LogP contribution is -2.51. The monoisotopic (exact) mass is 285 g/mol. The summed E-state index contributed by atoms with van der Waals surface area (Å²) in [4.78, 5) is 0. The van der Waals surface area contributed by atoms with Gasteiger partial charge in [0.2, 0.25) is 0 Å². The number of nitrogens with one attached hydrogen (secondary N) is 1. The lowest BCUT2D eigenvalue weighted by Gasteiger charge is -2.33. The first-order valence-corrected chi connectivity index (χ1v) is 7.52. The summed E-state index contributed by atoms with van der Waals surface area (Å²) in [5, 5.41) is 0. The van der Waals surface area contributed by atoms with Crippen molar-refractivity contribution in [2.45, 2.75) is 69.8 Å². The van der Waals surface area contributed by atoms with Gasteiger partial charge in [-0.3, -0.25) is 0 Å². The molecular formula is C12H22F3NOS. The summed E-state index contributed by atoms with van der Waals surface area (Å²) in [6, 6.07) is -1.64. The van der Waals surface area contributed by atoms with E-state index >= 15 is 0 Å².